The molecule has 29 heavy (non-hydrogen) atoms. The zero-order valence-electron chi connectivity index (χ0n) is 16.9. The maximum Gasteiger partial charge on any atom is 0.325 e. The topological polar surface area (TPSA) is 78.9 Å². The van der Waals surface area contributed by atoms with Crippen LogP contribution >= 0.6 is 0 Å². The Balaban J connectivity index is 1.67. The molecule has 0 aromatic heterocycles. The summed E-state index contributed by atoms with van der Waals surface area (Å²) < 4.78 is 5.54. The molecule has 154 valence electrons. The number of benzene rings is 2. The summed E-state index contributed by atoms with van der Waals surface area (Å²) in [4.78, 5) is 27.0. The second kappa shape index (κ2) is 9.20. The van der Waals surface area contributed by atoms with Crippen LogP contribution in [0.15, 0.2) is 60.7 Å². The predicted octanol–water partition coefficient (Wildman–Crippen LogP) is 3.06. The van der Waals surface area contributed by atoms with Crippen LogP contribution in [0, 0.1) is 5.92 Å². The third kappa shape index (κ3) is 4.83. The van der Waals surface area contributed by atoms with Crippen molar-refractivity contribution in [3.63, 3.8) is 0 Å². The molecule has 0 bridgehead atoms. The van der Waals surface area contributed by atoms with Crippen LogP contribution in [0.1, 0.15) is 31.4 Å². The number of hydrogen-bond donors (Lipinski definition) is 2. The van der Waals surface area contributed by atoms with E-state index in [-0.39, 0.29) is 25.0 Å². The van der Waals surface area contributed by atoms with E-state index >= 15 is 0 Å². The number of nitrogens with zero attached hydrogens (tertiary/aromatic N) is 1. The molecular formula is C23H28N2O4. The van der Waals surface area contributed by atoms with Crippen molar-refractivity contribution in [3.8, 4) is 0 Å². The van der Waals surface area contributed by atoms with Crippen molar-refractivity contribution >= 4 is 11.9 Å². The fraction of sp³-hybridized carbons (Fsp3) is 0.391. The highest BCUT2D eigenvalue weighted by Crippen LogP contribution is 2.35. The van der Waals surface area contributed by atoms with Gasteiger partial charge in [0.25, 0.3) is 5.91 Å². The number of amides is 3. The monoisotopic (exact) mass is 396 g/mol. The molecule has 3 amide bonds. The number of carbonyl (C=O) groups is 2. The van der Waals surface area contributed by atoms with Crippen molar-refractivity contribution in [2.75, 3.05) is 13.2 Å². The second-order valence-corrected chi connectivity index (χ2v) is 7.87. The number of nitrogens with one attached hydrogen (secondary N) is 1. The number of ether oxygens (including phenoxy) is 1. The minimum absolute atomic E-state index is 0.0362. The van der Waals surface area contributed by atoms with Crippen LogP contribution in [0.25, 0.3) is 0 Å². The first-order valence-corrected chi connectivity index (χ1v) is 9.92. The fourth-order valence-corrected chi connectivity index (χ4v) is 3.73. The number of carbonyl (C=O) groups excluding carboxylic acids is 2. The Morgan fingerprint density at radius 1 is 1.03 bits per heavy atom. The van der Waals surface area contributed by atoms with E-state index in [1.165, 1.54) is 0 Å². The molecule has 2 aromatic rings. The van der Waals surface area contributed by atoms with Gasteiger partial charge in [-0.2, -0.15) is 0 Å². The lowest BCUT2D eigenvalue weighted by molar-refractivity contribution is -0.133. The van der Waals surface area contributed by atoms with Gasteiger partial charge in [-0.05, 0) is 23.5 Å². The van der Waals surface area contributed by atoms with Crippen LogP contribution in [0.5, 0.6) is 0 Å². The van der Waals surface area contributed by atoms with Crippen LogP contribution in [-0.2, 0) is 21.7 Å². The molecule has 2 atom stereocenters. The third-order valence-electron chi connectivity index (χ3n) is 4.97. The molecule has 2 aromatic carbocycles. The molecule has 1 fully saturated rings. The fourth-order valence-electron chi connectivity index (χ4n) is 3.73. The molecule has 1 heterocycles. The van der Waals surface area contributed by atoms with E-state index in [1.54, 1.807) is 0 Å². The van der Waals surface area contributed by atoms with Gasteiger partial charge < -0.3 is 15.2 Å². The maximum absolute atomic E-state index is 13.3. The summed E-state index contributed by atoms with van der Waals surface area (Å²) in [6, 6.07) is 18.4. The Hall–Kier alpha value is -2.70. The Morgan fingerprint density at radius 2 is 1.66 bits per heavy atom. The van der Waals surface area contributed by atoms with Crippen molar-refractivity contribution in [1.82, 2.24) is 10.2 Å². The summed E-state index contributed by atoms with van der Waals surface area (Å²) in [5.74, 6) is -0.136. The molecule has 1 saturated heterocycles. The first-order valence-electron chi connectivity index (χ1n) is 9.92. The average Bonchev–Trinajstić information content (AvgIpc) is 2.94. The van der Waals surface area contributed by atoms with Gasteiger partial charge in [0.05, 0.1) is 25.9 Å². The number of aliphatic hydroxyl groups is 1. The van der Waals surface area contributed by atoms with E-state index in [0.29, 0.717) is 13.0 Å². The molecule has 6 heteroatoms. The Morgan fingerprint density at radius 3 is 2.28 bits per heavy atom. The molecule has 0 radical (unpaired) electrons. The van der Waals surface area contributed by atoms with E-state index in [9.17, 15) is 14.7 Å². The van der Waals surface area contributed by atoms with Crippen LogP contribution in [0.3, 0.4) is 0 Å². The SMILES string of the molecule is CC(C)C[C@]1(c2ccccc2)NC(=O)N(C[C@@H](O)COCc2ccccc2)C1=O. The van der Waals surface area contributed by atoms with Crippen molar-refractivity contribution in [1.29, 1.82) is 0 Å². The van der Waals surface area contributed by atoms with Crippen molar-refractivity contribution in [2.24, 2.45) is 5.92 Å². The number of rotatable bonds is 9. The predicted molar refractivity (Wildman–Crippen MR) is 110 cm³/mol. The average molecular weight is 396 g/mol. The zero-order valence-corrected chi connectivity index (χ0v) is 16.9. The van der Waals surface area contributed by atoms with E-state index in [2.05, 4.69) is 5.32 Å². The molecule has 0 aliphatic carbocycles. The Bertz CT molecular complexity index is 825. The number of β-amino-alcohol motifs (C(OH)–C–C–N with tert-alkyl or cyclic N) is 1. The van der Waals surface area contributed by atoms with Gasteiger partial charge in [-0.3, -0.25) is 9.69 Å². The molecule has 6 nitrogen and oxygen atoms in total. The first-order chi connectivity index (χ1) is 13.9. The lowest BCUT2D eigenvalue weighted by Crippen LogP contribution is -2.45. The van der Waals surface area contributed by atoms with Crippen molar-refractivity contribution in [3.05, 3.63) is 71.8 Å². The van der Waals surface area contributed by atoms with E-state index in [1.807, 2.05) is 74.5 Å². The van der Waals surface area contributed by atoms with Gasteiger partial charge in [-0.15, -0.1) is 0 Å². The number of imide groups is 1. The number of urea groups is 1. The highest BCUT2D eigenvalue weighted by molar-refractivity contribution is 6.07. The highest BCUT2D eigenvalue weighted by Gasteiger charge is 2.52. The molecule has 3 rings (SSSR count). The third-order valence-corrected chi connectivity index (χ3v) is 4.97. The van der Waals surface area contributed by atoms with Crippen LogP contribution in [0.4, 0.5) is 4.79 Å². The van der Waals surface area contributed by atoms with Gasteiger partial charge in [0.2, 0.25) is 0 Å². The normalized spacial score (nSPS) is 20.2. The summed E-state index contributed by atoms with van der Waals surface area (Å²) in [6.45, 7) is 4.32. The van der Waals surface area contributed by atoms with Gasteiger partial charge in [0.15, 0.2) is 0 Å². The Labute approximate surface area is 171 Å². The summed E-state index contributed by atoms with van der Waals surface area (Å²) >= 11 is 0. The molecule has 2 N–H and O–H groups in total. The zero-order chi connectivity index (χ0) is 20.9. The molecular weight excluding hydrogens is 368 g/mol. The summed E-state index contributed by atoms with van der Waals surface area (Å²) in [5.41, 5.74) is 0.649. The molecule has 1 aliphatic rings. The lowest BCUT2D eigenvalue weighted by Gasteiger charge is -2.29. The standard InChI is InChI=1S/C23H28N2O4/c1-17(2)13-23(19-11-7-4-8-12-19)21(27)25(22(28)24-23)14-20(26)16-29-15-18-9-5-3-6-10-18/h3-12,17,20,26H,13-16H2,1-2H3,(H,24,28)/t20-,23-/m1/s1. The minimum Gasteiger partial charge on any atom is -0.389 e. The number of hydrogen-bond acceptors (Lipinski definition) is 4. The van der Waals surface area contributed by atoms with Crippen LogP contribution in [-0.4, -0.2) is 41.2 Å². The molecule has 0 saturated carbocycles. The van der Waals surface area contributed by atoms with Gasteiger partial charge in [0, 0.05) is 0 Å². The Kier molecular flexibility index (Phi) is 6.67. The summed E-state index contributed by atoms with van der Waals surface area (Å²) in [7, 11) is 0. The van der Waals surface area contributed by atoms with E-state index in [0.717, 1.165) is 16.0 Å². The molecule has 0 spiro atoms. The molecule has 1 aliphatic heterocycles. The number of aliphatic hydroxyl groups excluding tert-OH is 1. The summed E-state index contributed by atoms with van der Waals surface area (Å²) in [5, 5.41) is 13.2. The second-order valence-electron chi connectivity index (χ2n) is 7.87. The van der Waals surface area contributed by atoms with Crippen LogP contribution in [0.2, 0.25) is 0 Å². The van der Waals surface area contributed by atoms with Gasteiger partial charge >= 0.3 is 6.03 Å². The van der Waals surface area contributed by atoms with Gasteiger partial charge in [0.1, 0.15) is 5.54 Å². The van der Waals surface area contributed by atoms with Gasteiger partial charge in [-0.1, -0.05) is 74.5 Å². The highest BCUT2D eigenvalue weighted by atomic mass is 16.5. The smallest absolute Gasteiger partial charge is 0.325 e. The quantitative estimate of drug-likeness (QED) is 0.639. The van der Waals surface area contributed by atoms with Crippen molar-refractivity contribution < 1.29 is 19.4 Å². The largest absolute Gasteiger partial charge is 0.389 e. The maximum atomic E-state index is 13.3. The summed E-state index contributed by atoms with van der Waals surface area (Å²) in [6.07, 6.45) is -0.474. The lowest BCUT2D eigenvalue weighted by atomic mass is 9.82. The van der Waals surface area contributed by atoms with Crippen molar-refractivity contribution in [2.45, 2.75) is 38.5 Å². The molecule has 0 unspecified atom stereocenters. The first kappa shape index (κ1) is 21.0. The van der Waals surface area contributed by atoms with Gasteiger partial charge in [-0.25, -0.2) is 4.79 Å². The minimum atomic E-state index is -1.10. The van der Waals surface area contributed by atoms with Crippen LogP contribution < -0.4 is 5.32 Å². The van der Waals surface area contributed by atoms with E-state index in [4.69, 9.17) is 4.74 Å². The van der Waals surface area contributed by atoms with E-state index < -0.39 is 17.7 Å².